The minimum absolute atomic E-state index is 0.171. The fourth-order valence-electron chi connectivity index (χ4n) is 1.95. The molecule has 0 aliphatic rings. The van der Waals surface area contributed by atoms with Crippen molar-refractivity contribution in [1.29, 1.82) is 0 Å². The Morgan fingerprint density at radius 2 is 2.00 bits per heavy atom. The van der Waals surface area contributed by atoms with Crippen molar-refractivity contribution in [3.8, 4) is 0 Å². The van der Waals surface area contributed by atoms with Crippen molar-refractivity contribution in [3.63, 3.8) is 0 Å². The van der Waals surface area contributed by atoms with E-state index in [0.717, 1.165) is 22.5 Å². The third-order valence-corrected chi connectivity index (χ3v) is 3.44. The zero-order valence-electron chi connectivity index (χ0n) is 10.4. The topological polar surface area (TPSA) is 66.5 Å². The summed E-state index contributed by atoms with van der Waals surface area (Å²) in [5.41, 5.74) is 2.38. The molecule has 7 heteroatoms. The van der Waals surface area contributed by atoms with Gasteiger partial charge in [0.2, 0.25) is 5.28 Å². The van der Waals surface area contributed by atoms with Crippen LogP contribution in [0.4, 0.5) is 5.82 Å². The third kappa shape index (κ3) is 2.69. The van der Waals surface area contributed by atoms with Gasteiger partial charge in [-0.3, -0.25) is 0 Å². The number of benzene rings is 1. The number of aromatic amines is 1. The van der Waals surface area contributed by atoms with Gasteiger partial charge in [0, 0.05) is 11.6 Å². The largest absolute Gasteiger partial charge is 0.368 e. The zero-order valence-corrected chi connectivity index (χ0v) is 11.9. The molecule has 0 radical (unpaired) electrons. The number of nitrogens with zero attached hydrogens (tertiary/aromatic N) is 3. The predicted octanol–water partition coefficient (Wildman–Crippen LogP) is 3.31. The molecule has 2 heterocycles. The van der Waals surface area contributed by atoms with E-state index in [-0.39, 0.29) is 5.28 Å². The number of anilines is 1. The fraction of sp³-hybridized carbons (Fsp3) is 0.154. The van der Waals surface area contributed by atoms with Crippen molar-refractivity contribution in [2.24, 2.45) is 0 Å². The smallest absolute Gasteiger partial charge is 0.226 e. The molecule has 0 unspecified atom stereocenters. The van der Waals surface area contributed by atoms with Gasteiger partial charge in [-0.05, 0) is 29.7 Å². The van der Waals surface area contributed by atoms with Gasteiger partial charge in [-0.15, -0.1) is 0 Å². The molecule has 0 spiro atoms. The normalized spacial score (nSPS) is 10.9. The Morgan fingerprint density at radius 1 is 1.15 bits per heavy atom. The summed E-state index contributed by atoms with van der Waals surface area (Å²) in [5, 5.41) is 4.16. The standard InChI is InChI=1S/C13H11Cl2N5/c14-9-4-2-1-3-8(9)5-6-16-11-10-12(18-7-17-10)20-13(15)19-11/h1-4,7H,5-6H2,(H2,16,17,18,19,20). The van der Waals surface area contributed by atoms with Gasteiger partial charge in [-0.25, -0.2) is 4.98 Å². The van der Waals surface area contributed by atoms with Gasteiger partial charge in [0.15, 0.2) is 11.5 Å². The molecule has 0 amide bonds. The molecule has 20 heavy (non-hydrogen) atoms. The highest BCUT2D eigenvalue weighted by Gasteiger charge is 2.08. The molecule has 0 atom stereocenters. The molecule has 0 aliphatic carbocycles. The average molecular weight is 308 g/mol. The molecule has 0 aliphatic heterocycles. The lowest BCUT2D eigenvalue weighted by atomic mass is 10.1. The molecule has 3 aromatic rings. The van der Waals surface area contributed by atoms with Crippen molar-refractivity contribution in [2.75, 3.05) is 11.9 Å². The zero-order chi connectivity index (χ0) is 13.9. The van der Waals surface area contributed by atoms with Gasteiger partial charge in [0.25, 0.3) is 0 Å². The molecule has 0 saturated heterocycles. The number of halogens is 2. The quantitative estimate of drug-likeness (QED) is 0.726. The highest BCUT2D eigenvalue weighted by atomic mass is 35.5. The maximum atomic E-state index is 6.12. The van der Waals surface area contributed by atoms with Crippen LogP contribution in [0.3, 0.4) is 0 Å². The average Bonchev–Trinajstić information content (AvgIpc) is 2.89. The first-order chi connectivity index (χ1) is 9.74. The van der Waals surface area contributed by atoms with Gasteiger partial charge < -0.3 is 10.3 Å². The Bertz CT molecular complexity index is 740. The van der Waals surface area contributed by atoms with Crippen LogP contribution in [0, 0.1) is 0 Å². The van der Waals surface area contributed by atoms with Gasteiger partial charge in [-0.1, -0.05) is 29.8 Å². The number of H-pyrrole nitrogens is 1. The summed E-state index contributed by atoms with van der Waals surface area (Å²) in [5.74, 6) is 0.643. The van der Waals surface area contributed by atoms with E-state index in [0.29, 0.717) is 18.0 Å². The van der Waals surface area contributed by atoms with Crippen molar-refractivity contribution in [1.82, 2.24) is 19.9 Å². The summed E-state index contributed by atoms with van der Waals surface area (Å²) >= 11 is 12.0. The number of hydrogen-bond acceptors (Lipinski definition) is 4. The fourth-order valence-corrected chi connectivity index (χ4v) is 2.35. The first-order valence-corrected chi connectivity index (χ1v) is 6.83. The Labute approximate surface area is 125 Å². The van der Waals surface area contributed by atoms with Crippen LogP contribution in [-0.4, -0.2) is 26.5 Å². The van der Waals surface area contributed by atoms with E-state index in [9.17, 15) is 0 Å². The molecule has 0 bridgehead atoms. The molecular weight excluding hydrogens is 297 g/mol. The maximum absolute atomic E-state index is 6.12. The lowest BCUT2D eigenvalue weighted by molar-refractivity contribution is 1.00. The van der Waals surface area contributed by atoms with Crippen LogP contribution in [0.25, 0.3) is 11.2 Å². The van der Waals surface area contributed by atoms with E-state index in [1.807, 2.05) is 24.3 Å². The molecule has 3 rings (SSSR count). The number of rotatable bonds is 4. The van der Waals surface area contributed by atoms with Crippen molar-refractivity contribution < 1.29 is 0 Å². The molecule has 102 valence electrons. The van der Waals surface area contributed by atoms with E-state index in [1.165, 1.54) is 0 Å². The molecule has 2 N–H and O–H groups in total. The number of nitrogens with one attached hydrogen (secondary N) is 2. The lowest BCUT2D eigenvalue weighted by Gasteiger charge is -2.07. The molecule has 0 fully saturated rings. The van der Waals surface area contributed by atoms with Crippen LogP contribution in [0.15, 0.2) is 30.6 Å². The molecule has 2 aromatic heterocycles. The summed E-state index contributed by atoms with van der Waals surface area (Å²) in [4.78, 5) is 15.3. The number of imidazole rings is 1. The van der Waals surface area contributed by atoms with Crippen LogP contribution < -0.4 is 5.32 Å². The highest BCUT2D eigenvalue weighted by molar-refractivity contribution is 6.31. The van der Waals surface area contributed by atoms with Gasteiger partial charge in [0.1, 0.15) is 5.52 Å². The second-order valence-corrected chi connectivity index (χ2v) is 4.96. The van der Waals surface area contributed by atoms with Crippen molar-refractivity contribution in [3.05, 3.63) is 46.5 Å². The SMILES string of the molecule is Clc1nc(NCCc2ccccc2Cl)c2[nH]cnc2n1. The summed E-state index contributed by atoms with van der Waals surface area (Å²) in [6.45, 7) is 0.686. The van der Waals surface area contributed by atoms with Crippen LogP contribution in [-0.2, 0) is 6.42 Å². The Morgan fingerprint density at radius 3 is 2.85 bits per heavy atom. The van der Waals surface area contributed by atoms with E-state index in [4.69, 9.17) is 23.2 Å². The first-order valence-electron chi connectivity index (χ1n) is 6.08. The summed E-state index contributed by atoms with van der Waals surface area (Å²) < 4.78 is 0. The number of hydrogen-bond donors (Lipinski definition) is 2. The molecule has 1 aromatic carbocycles. The minimum atomic E-state index is 0.171. The Hall–Kier alpha value is -1.85. The summed E-state index contributed by atoms with van der Waals surface area (Å²) in [6.07, 6.45) is 2.35. The van der Waals surface area contributed by atoms with Crippen LogP contribution in [0.2, 0.25) is 10.3 Å². The maximum Gasteiger partial charge on any atom is 0.226 e. The minimum Gasteiger partial charge on any atom is -0.368 e. The number of fused-ring (bicyclic) bond motifs is 1. The van der Waals surface area contributed by atoms with Gasteiger partial charge >= 0.3 is 0 Å². The van der Waals surface area contributed by atoms with Crippen LogP contribution >= 0.6 is 23.2 Å². The lowest BCUT2D eigenvalue weighted by Crippen LogP contribution is -2.07. The Kier molecular flexibility index (Phi) is 3.71. The van der Waals surface area contributed by atoms with E-state index in [2.05, 4.69) is 25.3 Å². The predicted molar refractivity (Wildman–Crippen MR) is 80.3 cm³/mol. The van der Waals surface area contributed by atoms with E-state index >= 15 is 0 Å². The van der Waals surface area contributed by atoms with Gasteiger partial charge in [-0.2, -0.15) is 9.97 Å². The second kappa shape index (κ2) is 5.64. The number of aromatic nitrogens is 4. The van der Waals surface area contributed by atoms with Gasteiger partial charge in [0.05, 0.1) is 6.33 Å². The van der Waals surface area contributed by atoms with Crippen molar-refractivity contribution >= 4 is 40.2 Å². The monoisotopic (exact) mass is 307 g/mol. The van der Waals surface area contributed by atoms with E-state index in [1.54, 1.807) is 6.33 Å². The molecule has 0 saturated carbocycles. The molecule has 5 nitrogen and oxygen atoms in total. The highest BCUT2D eigenvalue weighted by Crippen LogP contribution is 2.19. The summed E-state index contributed by atoms with van der Waals surface area (Å²) in [6, 6.07) is 7.77. The van der Waals surface area contributed by atoms with Crippen LogP contribution in [0.5, 0.6) is 0 Å². The summed E-state index contributed by atoms with van der Waals surface area (Å²) in [7, 11) is 0. The Balaban J connectivity index is 1.74. The van der Waals surface area contributed by atoms with Crippen molar-refractivity contribution in [2.45, 2.75) is 6.42 Å². The van der Waals surface area contributed by atoms with Crippen LogP contribution in [0.1, 0.15) is 5.56 Å². The van der Waals surface area contributed by atoms with E-state index < -0.39 is 0 Å². The third-order valence-electron chi connectivity index (χ3n) is 2.90. The first kappa shape index (κ1) is 13.1. The molecular formula is C13H11Cl2N5. The second-order valence-electron chi connectivity index (χ2n) is 4.21.